The van der Waals surface area contributed by atoms with Crippen molar-refractivity contribution in [2.75, 3.05) is 0 Å². The normalized spacial score (nSPS) is 16.1. The Morgan fingerprint density at radius 1 is 1.42 bits per heavy atom. The molecule has 0 heterocycles. The lowest BCUT2D eigenvalue weighted by molar-refractivity contribution is -0.146. The standard InChI is InChI=1S/C9H19NO2/c1-4-7(5-2)9(10,6-3)8(11)12/h7H,4-6,10H2,1-3H3,(H,11,12). The molecule has 0 amide bonds. The molecule has 0 saturated carbocycles. The molecule has 0 aromatic rings. The van der Waals surface area contributed by atoms with Crippen molar-refractivity contribution in [3.8, 4) is 0 Å². The summed E-state index contributed by atoms with van der Waals surface area (Å²) in [5, 5.41) is 8.94. The number of hydrogen-bond acceptors (Lipinski definition) is 2. The molecule has 0 rings (SSSR count). The number of hydrogen-bond donors (Lipinski definition) is 2. The Balaban J connectivity index is 4.58. The van der Waals surface area contributed by atoms with Crippen molar-refractivity contribution in [3.05, 3.63) is 0 Å². The van der Waals surface area contributed by atoms with Crippen LogP contribution in [0.1, 0.15) is 40.0 Å². The predicted molar refractivity (Wildman–Crippen MR) is 48.9 cm³/mol. The first-order valence-corrected chi connectivity index (χ1v) is 4.55. The molecular weight excluding hydrogens is 154 g/mol. The lowest BCUT2D eigenvalue weighted by atomic mass is 9.79. The van der Waals surface area contributed by atoms with E-state index in [1.54, 1.807) is 0 Å². The van der Waals surface area contributed by atoms with E-state index in [9.17, 15) is 4.79 Å². The molecule has 0 saturated heterocycles. The van der Waals surface area contributed by atoms with Crippen LogP contribution in [-0.4, -0.2) is 16.6 Å². The van der Waals surface area contributed by atoms with E-state index >= 15 is 0 Å². The van der Waals surface area contributed by atoms with Crippen LogP contribution in [0.25, 0.3) is 0 Å². The Hall–Kier alpha value is -0.570. The molecule has 0 aliphatic heterocycles. The molecule has 3 N–H and O–H groups in total. The van der Waals surface area contributed by atoms with Gasteiger partial charge in [0.15, 0.2) is 0 Å². The Morgan fingerprint density at radius 2 is 1.83 bits per heavy atom. The number of nitrogens with two attached hydrogens (primary N) is 1. The quantitative estimate of drug-likeness (QED) is 0.664. The van der Waals surface area contributed by atoms with Crippen LogP contribution >= 0.6 is 0 Å². The van der Waals surface area contributed by atoms with E-state index in [0.717, 1.165) is 12.8 Å². The van der Waals surface area contributed by atoms with E-state index in [2.05, 4.69) is 0 Å². The average Bonchev–Trinajstić information content (AvgIpc) is 2.05. The minimum Gasteiger partial charge on any atom is -0.480 e. The van der Waals surface area contributed by atoms with Crippen molar-refractivity contribution in [2.24, 2.45) is 11.7 Å². The molecule has 1 atom stereocenters. The van der Waals surface area contributed by atoms with Crippen LogP contribution in [0, 0.1) is 5.92 Å². The summed E-state index contributed by atoms with van der Waals surface area (Å²) in [5.41, 5.74) is 4.78. The molecule has 3 nitrogen and oxygen atoms in total. The Bertz CT molecular complexity index is 155. The van der Waals surface area contributed by atoms with Crippen LogP contribution in [0.5, 0.6) is 0 Å². The zero-order valence-corrected chi connectivity index (χ0v) is 8.13. The predicted octanol–water partition coefficient (Wildman–Crippen LogP) is 1.61. The molecule has 12 heavy (non-hydrogen) atoms. The molecule has 0 fully saturated rings. The number of aliphatic carboxylic acids is 1. The van der Waals surface area contributed by atoms with Gasteiger partial charge in [-0.25, -0.2) is 0 Å². The summed E-state index contributed by atoms with van der Waals surface area (Å²) >= 11 is 0. The van der Waals surface area contributed by atoms with Gasteiger partial charge in [-0.1, -0.05) is 33.6 Å². The summed E-state index contributed by atoms with van der Waals surface area (Å²) in [4.78, 5) is 10.9. The summed E-state index contributed by atoms with van der Waals surface area (Å²) in [6.07, 6.45) is 2.15. The van der Waals surface area contributed by atoms with Gasteiger partial charge in [0.25, 0.3) is 0 Å². The number of carboxylic acids is 1. The summed E-state index contributed by atoms with van der Waals surface area (Å²) < 4.78 is 0. The van der Waals surface area contributed by atoms with Gasteiger partial charge in [0.1, 0.15) is 5.54 Å². The summed E-state index contributed by atoms with van der Waals surface area (Å²) in [6, 6.07) is 0. The van der Waals surface area contributed by atoms with Gasteiger partial charge in [0, 0.05) is 0 Å². The van der Waals surface area contributed by atoms with Gasteiger partial charge in [-0.05, 0) is 12.3 Å². The van der Waals surface area contributed by atoms with Crippen LogP contribution in [0.4, 0.5) is 0 Å². The largest absolute Gasteiger partial charge is 0.480 e. The molecule has 72 valence electrons. The molecule has 0 bridgehead atoms. The van der Waals surface area contributed by atoms with E-state index in [1.807, 2.05) is 20.8 Å². The Morgan fingerprint density at radius 3 is 1.92 bits per heavy atom. The fraction of sp³-hybridized carbons (Fsp3) is 0.889. The molecule has 0 radical (unpaired) electrons. The molecule has 0 aromatic carbocycles. The zero-order valence-electron chi connectivity index (χ0n) is 8.13. The second-order valence-electron chi connectivity index (χ2n) is 3.21. The molecule has 0 aromatic heterocycles. The first-order valence-electron chi connectivity index (χ1n) is 4.55. The minimum atomic E-state index is -1.02. The first-order chi connectivity index (χ1) is 5.52. The minimum absolute atomic E-state index is 0.0833. The second-order valence-corrected chi connectivity index (χ2v) is 3.21. The van der Waals surface area contributed by atoms with E-state index in [0.29, 0.717) is 6.42 Å². The van der Waals surface area contributed by atoms with Crippen LogP contribution in [0.15, 0.2) is 0 Å². The van der Waals surface area contributed by atoms with E-state index in [4.69, 9.17) is 10.8 Å². The topological polar surface area (TPSA) is 63.3 Å². The fourth-order valence-electron chi connectivity index (χ4n) is 1.63. The SMILES string of the molecule is CCC(CC)C(N)(CC)C(=O)O. The van der Waals surface area contributed by atoms with E-state index in [-0.39, 0.29) is 5.92 Å². The molecule has 3 heteroatoms. The van der Waals surface area contributed by atoms with Crippen LogP contribution < -0.4 is 5.73 Å². The molecule has 1 unspecified atom stereocenters. The second kappa shape index (κ2) is 4.45. The summed E-state index contributed by atoms with van der Waals surface area (Å²) in [7, 11) is 0. The maximum atomic E-state index is 10.9. The van der Waals surface area contributed by atoms with Gasteiger partial charge < -0.3 is 10.8 Å². The first kappa shape index (κ1) is 11.4. The lowest BCUT2D eigenvalue weighted by Gasteiger charge is -2.31. The highest BCUT2D eigenvalue weighted by molar-refractivity contribution is 5.78. The van der Waals surface area contributed by atoms with Crippen molar-refractivity contribution >= 4 is 5.97 Å². The van der Waals surface area contributed by atoms with Crippen molar-refractivity contribution in [1.82, 2.24) is 0 Å². The van der Waals surface area contributed by atoms with Crippen LogP contribution in [0.2, 0.25) is 0 Å². The van der Waals surface area contributed by atoms with Crippen molar-refractivity contribution in [1.29, 1.82) is 0 Å². The third-order valence-corrected chi connectivity index (χ3v) is 2.70. The van der Waals surface area contributed by atoms with Gasteiger partial charge >= 0.3 is 5.97 Å². The zero-order chi connectivity index (χ0) is 9.78. The summed E-state index contributed by atoms with van der Waals surface area (Å²) in [5.74, 6) is -0.793. The highest BCUT2D eigenvalue weighted by atomic mass is 16.4. The number of rotatable bonds is 5. The average molecular weight is 173 g/mol. The molecule has 0 aliphatic carbocycles. The van der Waals surface area contributed by atoms with Gasteiger partial charge in [0.05, 0.1) is 0 Å². The van der Waals surface area contributed by atoms with Crippen molar-refractivity contribution < 1.29 is 9.90 Å². The number of carbonyl (C=O) groups is 1. The smallest absolute Gasteiger partial charge is 0.323 e. The molecular formula is C9H19NO2. The van der Waals surface area contributed by atoms with Crippen molar-refractivity contribution in [2.45, 2.75) is 45.6 Å². The number of carboxylic acid groups (broad SMARTS) is 1. The highest BCUT2D eigenvalue weighted by Gasteiger charge is 2.38. The Labute approximate surface area is 74.0 Å². The van der Waals surface area contributed by atoms with E-state index in [1.165, 1.54) is 0 Å². The monoisotopic (exact) mass is 173 g/mol. The third kappa shape index (κ3) is 1.97. The third-order valence-electron chi connectivity index (χ3n) is 2.70. The van der Waals surface area contributed by atoms with Gasteiger partial charge in [-0.2, -0.15) is 0 Å². The fourth-order valence-corrected chi connectivity index (χ4v) is 1.63. The van der Waals surface area contributed by atoms with Crippen LogP contribution in [-0.2, 0) is 4.79 Å². The summed E-state index contributed by atoms with van der Waals surface area (Å²) in [6.45, 7) is 5.79. The van der Waals surface area contributed by atoms with Crippen molar-refractivity contribution in [3.63, 3.8) is 0 Å². The van der Waals surface area contributed by atoms with E-state index < -0.39 is 11.5 Å². The highest BCUT2D eigenvalue weighted by Crippen LogP contribution is 2.25. The molecule has 0 aliphatic rings. The lowest BCUT2D eigenvalue weighted by Crippen LogP contribution is -2.53. The molecule has 0 spiro atoms. The Kier molecular flexibility index (Phi) is 4.24. The maximum Gasteiger partial charge on any atom is 0.323 e. The van der Waals surface area contributed by atoms with Gasteiger partial charge in [0.2, 0.25) is 0 Å². The van der Waals surface area contributed by atoms with Gasteiger partial charge in [-0.3, -0.25) is 4.79 Å². The maximum absolute atomic E-state index is 10.9. The van der Waals surface area contributed by atoms with Gasteiger partial charge in [-0.15, -0.1) is 0 Å². The van der Waals surface area contributed by atoms with Crippen LogP contribution in [0.3, 0.4) is 0 Å².